The van der Waals surface area contributed by atoms with Crippen molar-refractivity contribution in [2.75, 3.05) is 6.61 Å². The fraction of sp³-hybridized carbons (Fsp3) is 0.867. The maximum atomic E-state index is 11.0. The first kappa shape index (κ1) is 52.9. The van der Waals surface area contributed by atoms with Gasteiger partial charge < -0.3 is 46.0 Å². The van der Waals surface area contributed by atoms with Gasteiger partial charge in [0.15, 0.2) is 0 Å². The molecule has 0 saturated carbocycles. The van der Waals surface area contributed by atoms with Gasteiger partial charge in [-0.1, -0.05) is 34.9 Å². The summed E-state index contributed by atoms with van der Waals surface area (Å²) in [5.74, 6) is 0. The molecule has 7 unspecified atom stereocenters. The van der Waals surface area contributed by atoms with Gasteiger partial charge in [0.25, 0.3) is 0 Å². The van der Waals surface area contributed by atoms with Gasteiger partial charge in [0.2, 0.25) is 0 Å². The molecule has 9 nitrogen and oxygen atoms in total. The normalized spacial score (nSPS) is 20.4. The average molecular weight is 771 g/mol. The maximum absolute atomic E-state index is 11.0. The molecule has 0 aromatic carbocycles. The Morgan fingerprint density at radius 1 is 0.444 bits per heavy atom. The van der Waals surface area contributed by atoms with Gasteiger partial charge >= 0.3 is 0 Å². The summed E-state index contributed by atoms with van der Waals surface area (Å²) in [6.07, 6.45) is 17.1. The second-order valence-corrected chi connectivity index (χ2v) is 18.9. The van der Waals surface area contributed by atoms with E-state index in [9.17, 15) is 40.9 Å². The summed E-state index contributed by atoms with van der Waals surface area (Å²) >= 11 is 0. The molecule has 320 valence electrons. The van der Waals surface area contributed by atoms with Gasteiger partial charge in [-0.3, -0.25) is 0 Å². The summed E-state index contributed by atoms with van der Waals surface area (Å²) < 4.78 is 0. The topological polar surface area (TPSA) is 182 Å². The first-order valence-corrected chi connectivity index (χ1v) is 20.9. The van der Waals surface area contributed by atoms with Crippen LogP contribution in [0.3, 0.4) is 0 Å². The number of hydrogen-bond donors (Lipinski definition) is 9. The lowest BCUT2D eigenvalue weighted by molar-refractivity contribution is -0.0691. The van der Waals surface area contributed by atoms with Gasteiger partial charge in [-0.2, -0.15) is 0 Å². The van der Waals surface area contributed by atoms with E-state index in [-0.39, 0.29) is 6.61 Å². The lowest BCUT2D eigenvalue weighted by atomic mass is 9.84. The van der Waals surface area contributed by atoms with Crippen molar-refractivity contribution in [1.82, 2.24) is 0 Å². The number of rotatable bonds is 31. The molecule has 0 bridgehead atoms. The Labute approximate surface area is 330 Å². The zero-order chi connectivity index (χ0) is 41.9. The van der Waals surface area contributed by atoms with Crippen LogP contribution in [0.5, 0.6) is 0 Å². The number of aliphatic hydroxyl groups excluding tert-OH is 3. The van der Waals surface area contributed by atoms with Crippen molar-refractivity contribution < 1.29 is 46.0 Å². The van der Waals surface area contributed by atoms with Crippen LogP contribution >= 0.6 is 0 Å². The molecule has 0 rings (SSSR count). The van der Waals surface area contributed by atoms with E-state index < -0.39 is 45.8 Å². The van der Waals surface area contributed by atoms with Crippen molar-refractivity contribution in [3.05, 3.63) is 34.9 Å². The highest BCUT2D eigenvalue weighted by atomic mass is 16.3. The zero-order valence-corrected chi connectivity index (χ0v) is 36.3. The molecule has 9 heteroatoms. The van der Waals surface area contributed by atoms with Crippen LogP contribution in [0.1, 0.15) is 198 Å². The Balaban J connectivity index is 4.41. The summed E-state index contributed by atoms with van der Waals surface area (Å²) in [5.41, 5.74) is -2.36. The number of allylic oxidation sites excluding steroid dienone is 5. The van der Waals surface area contributed by atoms with Crippen molar-refractivity contribution >= 4 is 0 Å². The van der Waals surface area contributed by atoms with E-state index in [1.165, 1.54) is 11.1 Å². The minimum absolute atomic E-state index is 0.0133. The smallest absolute Gasteiger partial charge is 0.0880 e. The Hall–Kier alpha value is -1.14. The Morgan fingerprint density at radius 3 is 1.28 bits per heavy atom. The van der Waals surface area contributed by atoms with E-state index in [1.54, 1.807) is 40.7 Å². The van der Waals surface area contributed by atoms with Gasteiger partial charge in [0.05, 0.1) is 52.4 Å². The third-order valence-electron chi connectivity index (χ3n) is 11.5. The molecular weight excluding hydrogens is 684 g/mol. The highest BCUT2D eigenvalue weighted by Gasteiger charge is 2.31. The van der Waals surface area contributed by atoms with Crippen LogP contribution < -0.4 is 0 Å². The van der Waals surface area contributed by atoms with Crippen molar-refractivity contribution in [3.63, 3.8) is 0 Å². The second-order valence-electron chi connectivity index (χ2n) is 18.9. The van der Waals surface area contributed by atoms with E-state index in [1.807, 2.05) is 20.8 Å². The highest BCUT2D eigenvalue weighted by molar-refractivity contribution is 5.05. The van der Waals surface area contributed by atoms with Gasteiger partial charge in [0.1, 0.15) is 0 Å². The van der Waals surface area contributed by atoms with Crippen LogP contribution in [0.2, 0.25) is 0 Å². The van der Waals surface area contributed by atoms with Gasteiger partial charge in [-0.05, 0) is 198 Å². The summed E-state index contributed by atoms with van der Waals surface area (Å²) in [4.78, 5) is 0. The molecular formula is C45H86O9. The molecule has 0 aromatic rings. The fourth-order valence-corrected chi connectivity index (χ4v) is 7.06. The average Bonchev–Trinajstić information content (AvgIpc) is 3.01. The molecule has 54 heavy (non-hydrogen) atoms. The Bertz CT molecular complexity index is 1110. The molecule has 0 heterocycles. The standard InChI is InChI=1S/C45H86O9/c1-35(17-11-18-36(2)20-13-32-45(10,54)39(48)22-21-37(3)24-34-46)19-12-25-41(6,50)26-14-27-42(7,51)28-15-29-43(8,52)30-16-31-44(9,53)33-23-38(47)40(4,5)49/h17,20,24,38-39,46-54H,11-16,18-19,21-23,25-34H2,1-10H3. The molecule has 0 amide bonds. The largest absolute Gasteiger partial charge is 0.392 e. The van der Waals surface area contributed by atoms with Crippen molar-refractivity contribution in [3.8, 4) is 0 Å². The summed E-state index contributed by atoms with van der Waals surface area (Å²) in [6.45, 7) is 18.2. The monoisotopic (exact) mass is 771 g/mol. The highest BCUT2D eigenvalue weighted by Crippen LogP contribution is 2.31. The molecule has 0 aromatic heterocycles. The van der Waals surface area contributed by atoms with E-state index in [4.69, 9.17) is 5.11 Å². The van der Waals surface area contributed by atoms with Crippen molar-refractivity contribution in [2.45, 2.75) is 243 Å². The van der Waals surface area contributed by atoms with E-state index in [0.717, 1.165) is 31.3 Å². The number of aliphatic hydroxyl groups is 9. The van der Waals surface area contributed by atoms with Crippen LogP contribution in [0, 0.1) is 0 Å². The number of hydrogen-bond acceptors (Lipinski definition) is 9. The third-order valence-corrected chi connectivity index (χ3v) is 11.5. The molecule has 9 N–H and O–H groups in total. The lowest BCUT2D eigenvalue weighted by Crippen LogP contribution is -2.39. The third kappa shape index (κ3) is 26.7. The fourth-order valence-electron chi connectivity index (χ4n) is 7.06. The summed E-state index contributed by atoms with van der Waals surface area (Å²) in [6, 6.07) is 0. The Morgan fingerprint density at radius 2 is 0.833 bits per heavy atom. The molecule has 0 saturated heterocycles. The molecule has 0 spiro atoms. The predicted molar refractivity (Wildman–Crippen MR) is 222 cm³/mol. The SMILES string of the molecule is CC(=CCCC(C)(O)C(O)CCC(C)=CCO)CCC=C(C)CCCC(C)(O)CCCC(C)(O)CCCC(C)(O)CCCC(C)(O)CCC(O)C(C)(C)O. The van der Waals surface area contributed by atoms with Crippen LogP contribution in [0.4, 0.5) is 0 Å². The van der Waals surface area contributed by atoms with Gasteiger partial charge in [-0.15, -0.1) is 0 Å². The first-order valence-electron chi connectivity index (χ1n) is 20.9. The van der Waals surface area contributed by atoms with Crippen molar-refractivity contribution in [1.29, 1.82) is 0 Å². The minimum Gasteiger partial charge on any atom is -0.392 e. The quantitative estimate of drug-likeness (QED) is 0.0317. The summed E-state index contributed by atoms with van der Waals surface area (Å²) in [5, 5.41) is 93.8. The molecule has 0 fully saturated rings. The molecule has 7 atom stereocenters. The molecule has 0 radical (unpaired) electrons. The van der Waals surface area contributed by atoms with Gasteiger partial charge in [0, 0.05) is 0 Å². The summed E-state index contributed by atoms with van der Waals surface area (Å²) in [7, 11) is 0. The van der Waals surface area contributed by atoms with Gasteiger partial charge in [-0.25, -0.2) is 0 Å². The van der Waals surface area contributed by atoms with E-state index >= 15 is 0 Å². The lowest BCUT2D eigenvalue weighted by Gasteiger charge is -2.31. The Kier molecular flexibility index (Phi) is 24.1. The molecule has 0 aliphatic rings. The van der Waals surface area contributed by atoms with E-state index in [0.29, 0.717) is 103 Å². The van der Waals surface area contributed by atoms with Crippen molar-refractivity contribution in [2.24, 2.45) is 0 Å². The predicted octanol–water partition coefficient (Wildman–Crippen LogP) is 7.87. The van der Waals surface area contributed by atoms with Crippen LogP contribution in [-0.2, 0) is 0 Å². The van der Waals surface area contributed by atoms with E-state index in [2.05, 4.69) is 26.0 Å². The van der Waals surface area contributed by atoms with Crippen LogP contribution in [-0.4, -0.2) is 98.4 Å². The minimum atomic E-state index is -1.21. The zero-order valence-electron chi connectivity index (χ0n) is 36.3. The molecule has 0 aliphatic heterocycles. The second kappa shape index (κ2) is 24.6. The first-order chi connectivity index (χ1) is 24.6. The van der Waals surface area contributed by atoms with Crippen LogP contribution in [0.25, 0.3) is 0 Å². The maximum Gasteiger partial charge on any atom is 0.0880 e. The molecule has 0 aliphatic carbocycles. The van der Waals surface area contributed by atoms with Crippen LogP contribution in [0.15, 0.2) is 34.9 Å².